The van der Waals surface area contributed by atoms with Crippen LogP contribution < -0.4 is 0 Å². The fraction of sp³-hybridized carbons (Fsp3) is 0.714. The lowest BCUT2D eigenvalue weighted by molar-refractivity contribution is -0.0959. The van der Waals surface area contributed by atoms with Gasteiger partial charge in [0, 0.05) is 23.3 Å². The van der Waals surface area contributed by atoms with Crippen molar-refractivity contribution in [2.75, 3.05) is 0 Å². The summed E-state index contributed by atoms with van der Waals surface area (Å²) in [5, 5.41) is 0. The Hall–Kier alpha value is -1.88. The van der Waals surface area contributed by atoms with Crippen molar-refractivity contribution in [3.8, 4) is 0 Å². The van der Waals surface area contributed by atoms with E-state index in [0.717, 1.165) is 87.2 Å². The lowest BCUT2D eigenvalue weighted by Crippen LogP contribution is -2.32. The second kappa shape index (κ2) is 16.2. The average molecular weight is 655 g/mol. The van der Waals surface area contributed by atoms with Crippen LogP contribution in [0.25, 0.3) is 0 Å². The minimum Gasteiger partial charge on any atom is -0.365 e. The summed E-state index contributed by atoms with van der Waals surface area (Å²) < 4.78 is 66.5. The van der Waals surface area contributed by atoms with Crippen LogP contribution >= 0.6 is 0 Å². The van der Waals surface area contributed by atoms with Gasteiger partial charge in [-0.15, -0.1) is 0 Å². The highest BCUT2D eigenvalue weighted by Crippen LogP contribution is 2.51. The molecule has 4 fully saturated rings. The van der Waals surface area contributed by atoms with E-state index in [-0.39, 0.29) is 11.8 Å². The summed E-state index contributed by atoms with van der Waals surface area (Å²) >= 11 is 0. The Morgan fingerprint density at radius 1 is 0.489 bits per heavy atom. The minimum absolute atomic E-state index is 0.0642. The van der Waals surface area contributed by atoms with Crippen LogP contribution in [0.15, 0.2) is 36.4 Å². The summed E-state index contributed by atoms with van der Waals surface area (Å²) in [5.74, 6) is 2.39. The molecular formula is C42H58F4O. The number of ether oxygens (including phenoxy) is 1. The van der Waals surface area contributed by atoms with Gasteiger partial charge in [0.25, 0.3) is 0 Å². The van der Waals surface area contributed by atoms with Crippen molar-refractivity contribution in [1.29, 1.82) is 0 Å². The van der Waals surface area contributed by atoms with Crippen molar-refractivity contribution < 1.29 is 22.3 Å². The van der Waals surface area contributed by atoms with Crippen LogP contribution in [0.5, 0.6) is 0 Å². The molecule has 0 aliphatic heterocycles. The molecule has 2 unspecified atom stereocenters. The Balaban J connectivity index is 1.21. The molecule has 2 atom stereocenters. The van der Waals surface area contributed by atoms with Gasteiger partial charge >= 0.3 is 0 Å². The van der Waals surface area contributed by atoms with E-state index in [1.165, 1.54) is 88.5 Å². The highest BCUT2D eigenvalue weighted by molar-refractivity contribution is 5.25. The van der Waals surface area contributed by atoms with E-state index < -0.39 is 35.5 Å². The Bertz CT molecular complexity index is 1170. The molecule has 0 heterocycles. The van der Waals surface area contributed by atoms with Gasteiger partial charge in [-0.25, -0.2) is 17.6 Å². The first-order valence-electron chi connectivity index (χ1n) is 19.4. The zero-order valence-corrected chi connectivity index (χ0v) is 28.9. The number of hydrogen-bond donors (Lipinski definition) is 0. The molecule has 260 valence electrons. The third-order valence-electron chi connectivity index (χ3n) is 13.6. The SMILES string of the molecule is CC[C@H]1CC[C@H]([C@H]2CC[C@H](C(OC(c3ccc(F)cc3F)[C@H]3CC[C@H]([C@H]4CC[C@H](CC)CC4)CC3)c3ccc(F)cc3F)CC2)CC1. The molecule has 0 spiro atoms. The first-order chi connectivity index (χ1) is 22.8. The number of hydrogen-bond acceptors (Lipinski definition) is 1. The highest BCUT2D eigenvalue weighted by atomic mass is 19.1. The number of halogens is 4. The van der Waals surface area contributed by atoms with Crippen LogP contribution in [-0.4, -0.2) is 0 Å². The fourth-order valence-corrected chi connectivity index (χ4v) is 10.5. The first kappa shape index (κ1) is 35.0. The molecule has 5 heteroatoms. The summed E-state index contributed by atoms with van der Waals surface area (Å²) in [6, 6.07) is 7.62. The first-order valence-corrected chi connectivity index (χ1v) is 19.4. The maximum absolute atomic E-state index is 15.6. The second-order valence-electron chi connectivity index (χ2n) is 16.0. The Kier molecular flexibility index (Phi) is 12.1. The molecule has 4 aliphatic rings. The third-order valence-corrected chi connectivity index (χ3v) is 13.6. The maximum atomic E-state index is 15.6. The van der Waals surface area contributed by atoms with Gasteiger partial charge in [0.1, 0.15) is 23.3 Å². The van der Waals surface area contributed by atoms with Gasteiger partial charge in [0.2, 0.25) is 0 Å². The number of rotatable bonds is 10. The summed E-state index contributed by atoms with van der Waals surface area (Å²) in [6.45, 7) is 4.61. The van der Waals surface area contributed by atoms with E-state index >= 15 is 8.78 Å². The van der Waals surface area contributed by atoms with Crippen LogP contribution in [0.1, 0.15) is 153 Å². The second-order valence-corrected chi connectivity index (χ2v) is 16.0. The summed E-state index contributed by atoms with van der Waals surface area (Å²) in [4.78, 5) is 0. The molecule has 0 amide bonds. The fourth-order valence-electron chi connectivity index (χ4n) is 10.5. The quantitative estimate of drug-likeness (QED) is 0.232. The maximum Gasteiger partial charge on any atom is 0.131 e. The molecule has 0 N–H and O–H groups in total. The predicted octanol–water partition coefficient (Wildman–Crippen LogP) is 13.1. The molecule has 1 nitrogen and oxygen atoms in total. The van der Waals surface area contributed by atoms with Gasteiger partial charge in [-0.05, 0) is 137 Å². The van der Waals surface area contributed by atoms with Crippen LogP contribution in [0.3, 0.4) is 0 Å². The van der Waals surface area contributed by atoms with Crippen molar-refractivity contribution in [3.63, 3.8) is 0 Å². The molecule has 0 aromatic heterocycles. The molecular weight excluding hydrogens is 596 g/mol. The lowest BCUT2D eigenvalue weighted by Gasteiger charge is -2.43. The van der Waals surface area contributed by atoms with Crippen LogP contribution in [-0.2, 0) is 4.74 Å². The molecule has 4 saturated carbocycles. The molecule has 47 heavy (non-hydrogen) atoms. The summed E-state index contributed by atoms with van der Waals surface area (Å²) in [7, 11) is 0. The van der Waals surface area contributed by atoms with Crippen LogP contribution in [0, 0.1) is 70.6 Å². The van der Waals surface area contributed by atoms with Crippen molar-refractivity contribution in [2.45, 2.75) is 142 Å². The van der Waals surface area contributed by atoms with Gasteiger partial charge in [-0.1, -0.05) is 64.5 Å². The van der Waals surface area contributed by atoms with Crippen LogP contribution in [0.4, 0.5) is 17.6 Å². The lowest BCUT2D eigenvalue weighted by atomic mass is 9.67. The van der Waals surface area contributed by atoms with E-state index in [2.05, 4.69) is 13.8 Å². The molecule has 6 rings (SSSR count). The zero-order valence-electron chi connectivity index (χ0n) is 28.9. The Morgan fingerprint density at radius 2 is 0.809 bits per heavy atom. The number of benzene rings is 2. The van der Waals surface area contributed by atoms with Crippen molar-refractivity contribution in [2.24, 2.45) is 47.3 Å². The van der Waals surface area contributed by atoms with Gasteiger partial charge < -0.3 is 4.74 Å². The normalized spacial score (nSPS) is 33.3. The molecule has 2 aromatic carbocycles. The molecule has 0 bridgehead atoms. The van der Waals surface area contributed by atoms with E-state index in [1.54, 1.807) is 0 Å². The minimum atomic E-state index is -0.608. The zero-order chi connectivity index (χ0) is 32.9. The van der Waals surface area contributed by atoms with Gasteiger partial charge in [-0.3, -0.25) is 0 Å². The van der Waals surface area contributed by atoms with Crippen molar-refractivity contribution >= 4 is 0 Å². The third kappa shape index (κ3) is 8.47. The molecule has 4 aliphatic carbocycles. The van der Waals surface area contributed by atoms with E-state index in [4.69, 9.17) is 4.74 Å². The highest BCUT2D eigenvalue weighted by Gasteiger charge is 2.40. The van der Waals surface area contributed by atoms with Crippen LogP contribution in [0.2, 0.25) is 0 Å². The summed E-state index contributed by atoms with van der Waals surface area (Å²) in [6.07, 6.45) is 20.0. The molecule has 0 saturated heterocycles. The van der Waals surface area contributed by atoms with Gasteiger partial charge in [-0.2, -0.15) is 0 Å². The Labute approximate surface area is 281 Å². The summed E-state index contributed by atoms with van der Waals surface area (Å²) in [5.41, 5.74) is 0.736. The van der Waals surface area contributed by atoms with Crippen molar-refractivity contribution in [1.82, 2.24) is 0 Å². The topological polar surface area (TPSA) is 9.23 Å². The molecule has 0 radical (unpaired) electrons. The van der Waals surface area contributed by atoms with E-state index in [0.29, 0.717) is 23.0 Å². The smallest absolute Gasteiger partial charge is 0.131 e. The standard InChI is InChI=1S/C42H58F4O/c1-3-27-5-9-29(10-6-27)31-13-17-33(18-14-31)41(37-23-21-35(43)25-39(37)45)47-42(38-24-22-36(44)26-40(38)46)34-19-15-32(16-20-34)30-11-7-28(4-2)8-12-30/h21-34,41-42H,3-20H2,1-2H3/t27-,28-,29-,30-,31-,32-,33-,34-,41?,42?. The monoisotopic (exact) mass is 654 g/mol. The largest absolute Gasteiger partial charge is 0.365 e. The Morgan fingerprint density at radius 3 is 1.11 bits per heavy atom. The van der Waals surface area contributed by atoms with E-state index in [1.807, 2.05) is 0 Å². The van der Waals surface area contributed by atoms with Gasteiger partial charge in [0.15, 0.2) is 0 Å². The van der Waals surface area contributed by atoms with Gasteiger partial charge in [0.05, 0.1) is 12.2 Å². The van der Waals surface area contributed by atoms with E-state index in [9.17, 15) is 8.78 Å². The average Bonchev–Trinajstić information content (AvgIpc) is 3.10. The van der Waals surface area contributed by atoms with Crippen molar-refractivity contribution in [3.05, 3.63) is 70.8 Å². The molecule has 2 aromatic rings. The predicted molar refractivity (Wildman–Crippen MR) is 182 cm³/mol.